The highest BCUT2D eigenvalue weighted by atomic mass is 32.2. The van der Waals surface area contributed by atoms with E-state index in [1.165, 1.54) is 0 Å². The second kappa shape index (κ2) is 5.93. The molecule has 2 aromatic rings. The van der Waals surface area contributed by atoms with Gasteiger partial charge in [-0.3, -0.25) is 0 Å². The first-order valence-corrected chi connectivity index (χ1v) is 7.05. The predicted octanol–water partition coefficient (Wildman–Crippen LogP) is 3.05. The number of aromatic nitrogens is 3. The minimum Gasteiger partial charge on any atom is -0.368 e. The average molecular weight is 274 g/mol. The topological polar surface area (TPSA) is 56.7 Å². The minimum atomic E-state index is 0.446. The first-order valence-electron chi connectivity index (χ1n) is 6.17. The molecule has 19 heavy (non-hydrogen) atoms. The van der Waals surface area contributed by atoms with E-state index in [4.69, 9.17) is 5.73 Å². The Bertz CT molecular complexity index is 557. The third-order valence-corrected chi connectivity index (χ3v) is 3.42. The molecule has 0 amide bonds. The zero-order chi connectivity index (χ0) is 13.8. The molecule has 100 valence electrons. The zero-order valence-electron chi connectivity index (χ0n) is 11.2. The van der Waals surface area contributed by atoms with Gasteiger partial charge in [-0.25, -0.2) is 4.68 Å². The number of hydrogen-bond donors (Lipinski definition) is 1. The van der Waals surface area contributed by atoms with Gasteiger partial charge in [-0.1, -0.05) is 62.5 Å². The maximum Gasteiger partial charge on any atom is 0.219 e. The van der Waals surface area contributed by atoms with Crippen molar-refractivity contribution in [1.82, 2.24) is 14.8 Å². The molecule has 5 heteroatoms. The summed E-state index contributed by atoms with van der Waals surface area (Å²) in [6, 6.07) is 8.15. The quantitative estimate of drug-likeness (QED) is 0.851. The summed E-state index contributed by atoms with van der Waals surface area (Å²) in [5.41, 5.74) is 8.13. The van der Waals surface area contributed by atoms with Crippen molar-refractivity contribution in [2.45, 2.75) is 30.8 Å². The molecular formula is C14H18N4S. The Morgan fingerprint density at radius 1 is 1.37 bits per heavy atom. The van der Waals surface area contributed by atoms with Gasteiger partial charge < -0.3 is 5.73 Å². The van der Waals surface area contributed by atoms with Crippen LogP contribution in [-0.4, -0.2) is 20.0 Å². The number of anilines is 1. The number of thioether (sulfide) groups is 1. The van der Waals surface area contributed by atoms with E-state index in [2.05, 4.69) is 30.5 Å². The summed E-state index contributed by atoms with van der Waals surface area (Å²) in [4.78, 5) is 4.26. The molecule has 1 heterocycles. The summed E-state index contributed by atoms with van der Waals surface area (Å²) < 4.78 is 1.73. The van der Waals surface area contributed by atoms with Gasteiger partial charge in [0.05, 0.1) is 6.54 Å². The molecule has 0 atom stereocenters. The van der Waals surface area contributed by atoms with Crippen LogP contribution in [0.25, 0.3) is 6.08 Å². The molecule has 0 aliphatic heterocycles. The fourth-order valence-electron chi connectivity index (χ4n) is 1.64. The van der Waals surface area contributed by atoms with Crippen LogP contribution in [0.15, 0.2) is 36.0 Å². The molecule has 4 nitrogen and oxygen atoms in total. The third kappa shape index (κ3) is 3.61. The van der Waals surface area contributed by atoms with Gasteiger partial charge in [0.2, 0.25) is 11.1 Å². The molecule has 0 aliphatic rings. The van der Waals surface area contributed by atoms with Gasteiger partial charge in [0.25, 0.3) is 0 Å². The highest BCUT2D eigenvalue weighted by molar-refractivity contribution is 7.99. The second-order valence-electron chi connectivity index (χ2n) is 4.52. The first kappa shape index (κ1) is 13.7. The van der Waals surface area contributed by atoms with Crippen molar-refractivity contribution in [2.24, 2.45) is 0 Å². The maximum absolute atomic E-state index is 5.88. The number of benzene rings is 1. The number of nitrogens with two attached hydrogens (primary N) is 1. The fraction of sp³-hybridized carbons (Fsp3) is 0.286. The molecule has 0 bridgehead atoms. The van der Waals surface area contributed by atoms with Crippen LogP contribution in [0.5, 0.6) is 0 Å². The summed E-state index contributed by atoms with van der Waals surface area (Å²) >= 11 is 1.61. The van der Waals surface area contributed by atoms with Crippen LogP contribution in [0.2, 0.25) is 0 Å². The summed E-state index contributed by atoms with van der Waals surface area (Å²) in [7, 11) is 0. The number of rotatable bonds is 5. The standard InChI is InChI=1S/C14H18N4S/c1-4-11-5-7-12(8-6-11)9-18-13(15)16-14(17-18)19-10(2)3/h4-8,10H,1,9H2,2-3H3,(H2,15,16,17). The Kier molecular flexibility index (Phi) is 4.27. The maximum atomic E-state index is 5.88. The van der Waals surface area contributed by atoms with Crippen molar-refractivity contribution < 1.29 is 0 Å². The van der Waals surface area contributed by atoms with E-state index in [9.17, 15) is 0 Å². The SMILES string of the molecule is C=Cc1ccc(Cn2nc(SC(C)C)nc2N)cc1. The molecule has 1 aromatic carbocycles. The molecule has 0 unspecified atom stereocenters. The van der Waals surface area contributed by atoms with E-state index in [0.29, 0.717) is 17.7 Å². The Balaban J connectivity index is 2.13. The van der Waals surface area contributed by atoms with E-state index >= 15 is 0 Å². The first-order chi connectivity index (χ1) is 9.08. The summed E-state index contributed by atoms with van der Waals surface area (Å²) in [6.45, 7) is 8.59. The van der Waals surface area contributed by atoms with Crippen LogP contribution >= 0.6 is 11.8 Å². The molecule has 2 rings (SSSR count). The molecule has 1 aromatic heterocycles. The fourth-order valence-corrected chi connectivity index (χ4v) is 2.36. The van der Waals surface area contributed by atoms with Gasteiger partial charge in [0.15, 0.2) is 0 Å². The van der Waals surface area contributed by atoms with Gasteiger partial charge in [0, 0.05) is 5.25 Å². The molecule has 2 N–H and O–H groups in total. The van der Waals surface area contributed by atoms with Gasteiger partial charge in [-0.2, -0.15) is 4.98 Å². The monoisotopic (exact) mass is 274 g/mol. The van der Waals surface area contributed by atoms with Crippen LogP contribution in [0.1, 0.15) is 25.0 Å². The second-order valence-corrected chi connectivity index (χ2v) is 6.07. The van der Waals surface area contributed by atoms with E-state index < -0.39 is 0 Å². The third-order valence-electron chi connectivity index (χ3n) is 2.57. The molecule has 0 saturated heterocycles. The summed E-state index contributed by atoms with van der Waals surface area (Å²) in [5.74, 6) is 0.455. The van der Waals surface area contributed by atoms with Crippen LogP contribution in [-0.2, 0) is 6.54 Å². The lowest BCUT2D eigenvalue weighted by atomic mass is 10.1. The Labute approximate surface area is 117 Å². The van der Waals surface area contributed by atoms with Crippen LogP contribution in [0.4, 0.5) is 5.95 Å². The highest BCUT2D eigenvalue weighted by Gasteiger charge is 2.09. The summed E-state index contributed by atoms with van der Waals surface area (Å²) in [5, 5.41) is 5.59. The lowest BCUT2D eigenvalue weighted by Gasteiger charge is -2.03. The Hall–Kier alpha value is -1.75. The molecule has 0 radical (unpaired) electrons. The largest absolute Gasteiger partial charge is 0.368 e. The van der Waals surface area contributed by atoms with Crippen molar-refractivity contribution in [3.8, 4) is 0 Å². The number of nitrogens with zero attached hydrogens (tertiary/aromatic N) is 3. The van der Waals surface area contributed by atoms with Crippen molar-refractivity contribution in [1.29, 1.82) is 0 Å². The van der Waals surface area contributed by atoms with Crippen molar-refractivity contribution in [2.75, 3.05) is 5.73 Å². The van der Waals surface area contributed by atoms with Gasteiger partial charge in [-0.05, 0) is 11.1 Å². The Morgan fingerprint density at radius 3 is 2.63 bits per heavy atom. The molecule has 0 saturated carbocycles. The molecular weight excluding hydrogens is 256 g/mol. The zero-order valence-corrected chi connectivity index (χ0v) is 12.0. The van der Waals surface area contributed by atoms with Gasteiger partial charge in [0.1, 0.15) is 0 Å². The van der Waals surface area contributed by atoms with E-state index in [0.717, 1.165) is 16.3 Å². The Morgan fingerprint density at radius 2 is 2.05 bits per heavy atom. The highest BCUT2D eigenvalue weighted by Crippen LogP contribution is 2.20. The average Bonchev–Trinajstić information content (AvgIpc) is 2.69. The lowest BCUT2D eigenvalue weighted by molar-refractivity contribution is 0.674. The predicted molar refractivity (Wildman–Crippen MR) is 81.1 cm³/mol. The van der Waals surface area contributed by atoms with Crippen molar-refractivity contribution >= 4 is 23.8 Å². The van der Waals surface area contributed by atoms with Gasteiger partial charge >= 0.3 is 0 Å². The molecule has 0 spiro atoms. The smallest absolute Gasteiger partial charge is 0.219 e. The normalized spacial score (nSPS) is 10.9. The van der Waals surface area contributed by atoms with Gasteiger partial charge in [-0.15, -0.1) is 5.10 Å². The van der Waals surface area contributed by atoms with Crippen LogP contribution < -0.4 is 5.73 Å². The molecule has 0 fully saturated rings. The number of hydrogen-bond acceptors (Lipinski definition) is 4. The van der Waals surface area contributed by atoms with E-state index in [1.807, 2.05) is 30.3 Å². The summed E-state index contributed by atoms with van der Waals surface area (Å²) in [6.07, 6.45) is 1.82. The van der Waals surface area contributed by atoms with Crippen LogP contribution in [0.3, 0.4) is 0 Å². The lowest BCUT2D eigenvalue weighted by Crippen LogP contribution is -2.06. The van der Waals surface area contributed by atoms with E-state index in [-0.39, 0.29) is 0 Å². The van der Waals surface area contributed by atoms with Crippen LogP contribution in [0, 0.1) is 0 Å². The van der Waals surface area contributed by atoms with Crippen molar-refractivity contribution in [3.05, 3.63) is 42.0 Å². The van der Waals surface area contributed by atoms with E-state index in [1.54, 1.807) is 16.4 Å². The number of nitrogen functional groups attached to an aromatic ring is 1. The van der Waals surface area contributed by atoms with Crippen molar-refractivity contribution in [3.63, 3.8) is 0 Å². The molecule has 0 aliphatic carbocycles. The minimum absolute atomic E-state index is 0.446.